The van der Waals surface area contributed by atoms with Crippen molar-refractivity contribution in [1.29, 1.82) is 0 Å². The standard InChI is InChI=1S/C23H25NS/c1-14-11-12-17-19(13-14)25-23-21(17)20(16-8-4-3-5-9-16)18-10-6-7-15(2)22(18)24-23/h3-5,8-9,14-15H,6-7,10-13H2,1-2H3/t14-,15-/m0/s1. The van der Waals surface area contributed by atoms with Crippen LogP contribution in [0.3, 0.4) is 0 Å². The molecule has 0 spiro atoms. The third-order valence-electron chi connectivity index (χ3n) is 6.17. The van der Waals surface area contributed by atoms with E-state index >= 15 is 0 Å². The maximum Gasteiger partial charge on any atom is 0.124 e. The van der Waals surface area contributed by atoms with Crippen LogP contribution in [0.2, 0.25) is 0 Å². The molecule has 0 fully saturated rings. The lowest BCUT2D eigenvalue weighted by Crippen LogP contribution is -2.12. The Labute approximate surface area is 154 Å². The summed E-state index contributed by atoms with van der Waals surface area (Å²) in [7, 11) is 0. The van der Waals surface area contributed by atoms with Crippen LogP contribution in [0.15, 0.2) is 30.3 Å². The summed E-state index contributed by atoms with van der Waals surface area (Å²) in [5.41, 5.74) is 7.44. The van der Waals surface area contributed by atoms with Gasteiger partial charge in [-0.3, -0.25) is 0 Å². The van der Waals surface area contributed by atoms with Crippen molar-refractivity contribution in [1.82, 2.24) is 4.98 Å². The monoisotopic (exact) mass is 347 g/mol. The van der Waals surface area contributed by atoms with E-state index in [0.717, 1.165) is 5.92 Å². The zero-order valence-corrected chi connectivity index (χ0v) is 16.0. The van der Waals surface area contributed by atoms with Gasteiger partial charge in [0.1, 0.15) is 4.83 Å². The van der Waals surface area contributed by atoms with E-state index < -0.39 is 0 Å². The molecule has 0 N–H and O–H groups in total. The molecule has 0 aliphatic heterocycles. The summed E-state index contributed by atoms with van der Waals surface area (Å²) in [4.78, 5) is 8.13. The Morgan fingerprint density at radius 3 is 2.68 bits per heavy atom. The molecule has 128 valence electrons. The maximum absolute atomic E-state index is 5.23. The van der Waals surface area contributed by atoms with Crippen molar-refractivity contribution in [3.63, 3.8) is 0 Å². The molecule has 3 aromatic rings. The molecular formula is C23H25NS. The smallest absolute Gasteiger partial charge is 0.124 e. The number of fused-ring (bicyclic) bond motifs is 4. The number of nitrogens with zero attached hydrogens (tertiary/aromatic N) is 1. The van der Waals surface area contributed by atoms with E-state index in [4.69, 9.17) is 4.98 Å². The highest BCUT2D eigenvalue weighted by atomic mass is 32.1. The fourth-order valence-corrected chi connectivity index (χ4v) is 6.23. The summed E-state index contributed by atoms with van der Waals surface area (Å²) in [5, 5.41) is 1.49. The minimum absolute atomic E-state index is 0.591. The molecule has 0 radical (unpaired) electrons. The summed E-state index contributed by atoms with van der Waals surface area (Å²) in [6.07, 6.45) is 7.55. The molecule has 25 heavy (non-hydrogen) atoms. The molecule has 2 heteroatoms. The Bertz CT molecular complexity index is 938. The van der Waals surface area contributed by atoms with E-state index in [1.807, 2.05) is 11.3 Å². The first kappa shape index (κ1) is 15.6. The summed E-state index contributed by atoms with van der Waals surface area (Å²) in [6.45, 7) is 4.76. The molecule has 1 aromatic carbocycles. The van der Waals surface area contributed by atoms with Crippen molar-refractivity contribution in [2.75, 3.05) is 0 Å². The quantitative estimate of drug-likeness (QED) is 0.488. The second kappa shape index (κ2) is 5.95. The first-order chi connectivity index (χ1) is 12.2. The molecule has 0 saturated heterocycles. The van der Waals surface area contributed by atoms with Crippen LogP contribution >= 0.6 is 11.3 Å². The highest BCUT2D eigenvalue weighted by Crippen LogP contribution is 2.46. The minimum atomic E-state index is 0.591. The molecule has 2 heterocycles. The first-order valence-corrected chi connectivity index (χ1v) is 10.6. The van der Waals surface area contributed by atoms with Crippen LogP contribution < -0.4 is 0 Å². The Hall–Kier alpha value is -1.67. The average Bonchev–Trinajstić information content (AvgIpc) is 2.98. The molecular weight excluding hydrogens is 322 g/mol. The average molecular weight is 348 g/mol. The summed E-state index contributed by atoms with van der Waals surface area (Å²) < 4.78 is 0. The zero-order valence-electron chi connectivity index (χ0n) is 15.1. The molecule has 2 aliphatic rings. The normalized spacial score (nSPS) is 22.6. The van der Waals surface area contributed by atoms with Gasteiger partial charge in [0.25, 0.3) is 0 Å². The van der Waals surface area contributed by atoms with Gasteiger partial charge in [0.15, 0.2) is 0 Å². The van der Waals surface area contributed by atoms with Gasteiger partial charge in [-0.2, -0.15) is 0 Å². The third-order valence-corrected chi connectivity index (χ3v) is 7.32. The third kappa shape index (κ3) is 2.45. The van der Waals surface area contributed by atoms with Gasteiger partial charge in [-0.15, -0.1) is 11.3 Å². The van der Waals surface area contributed by atoms with E-state index in [1.54, 1.807) is 10.4 Å². The van der Waals surface area contributed by atoms with E-state index in [1.165, 1.54) is 71.1 Å². The number of hydrogen-bond acceptors (Lipinski definition) is 2. The molecule has 0 unspecified atom stereocenters. The largest absolute Gasteiger partial charge is 0.241 e. The Balaban J connectivity index is 1.87. The fourth-order valence-electron chi connectivity index (χ4n) is 4.83. The summed E-state index contributed by atoms with van der Waals surface area (Å²) in [5.74, 6) is 1.41. The van der Waals surface area contributed by atoms with Crippen LogP contribution in [-0.2, 0) is 19.3 Å². The van der Waals surface area contributed by atoms with Crippen LogP contribution in [0, 0.1) is 5.92 Å². The van der Waals surface area contributed by atoms with Crippen molar-refractivity contribution >= 4 is 21.6 Å². The van der Waals surface area contributed by atoms with Crippen molar-refractivity contribution in [2.45, 2.75) is 58.3 Å². The number of aromatic nitrogens is 1. The van der Waals surface area contributed by atoms with E-state index in [-0.39, 0.29) is 0 Å². The van der Waals surface area contributed by atoms with Crippen molar-refractivity contribution in [3.05, 3.63) is 52.0 Å². The van der Waals surface area contributed by atoms with Gasteiger partial charge < -0.3 is 0 Å². The van der Waals surface area contributed by atoms with Gasteiger partial charge in [-0.05, 0) is 72.6 Å². The maximum atomic E-state index is 5.23. The Kier molecular flexibility index (Phi) is 3.71. The second-order valence-corrected chi connectivity index (χ2v) is 9.13. The number of pyridine rings is 1. The van der Waals surface area contributed by atoms with Crippen molar-refractivity contribution in [2.24, 2.45) is 5.92 Å². The lowest BCUT2D eigenvalue weighted by Gasteiger charge is -2.25. The van der Waals surface area contributed by atoms with Gasteiger partial charge >= 0.3 is 0 Å². The summed E-state index contributed by atoms with van der Waals surface area (Å²) >= 11 is 1.98. The van der Waals surface area contributed by atoms with Gasteiger partial charge in [0, 0.05) is 16.0 Å². The van der Waals surface area contributed by atoms with Crippen molar-refractivity contribution in [3.8, 4) is 11.1 Å². The lowest BCUT2D eigenvalue weighted by atomic mass is 9.81. The number of hydrogen-bond donors (Lipinski definition) is 0. The lowest BCUT2D eigenvalue weighted by molar-refractivity contribution is 0.509. The number of aryl methyl sites for hydroxylation is 1. The van der Waals surface area contributed by atoms with Crippen LogP contribution in [0.5, 0.6) is 0 Å². The predicted molar refractivity (Wildman–Crippen MR) is 108 cm³/mol. The van der Waals surface area contributed by atoms with Gasteiger partial charge in [-0.25, -0.2) is 4.98 Å². The molecule has 2 aromatic heterocycles. The number of rotatable bonds is 1. The highest BCUT2D eigenvalue weighted by Gasteiger charge is 2.28. The van der Waals surface area contributed by atoms with E-state index in [2.05, 4.69) is 44.2 Å². The van der Waals surface area contributed by atoms with Crippen LogP contribution in [-0.4, -0.2) is 4.98 Å². The van der Waals surface area contributed by atoms with E-state index in [0.29, 0.717) is 5.92 Å². The topological polar surface area (TPSA) is 12.9 Å². The van der Waals surface area contributed by atoms with Gasteiger partial charge in [0.2, 0.25) is 0 Å². The minimum Gasteiger partial charge on any atom is -0.241 e. The second-order valence-electron chi connectivity index (χ2n) is 8.04. The zero-order chi connectivity index (χ0) is 17.0. The Morgan fingerprint density at radius 1 is 1.00 bits per heavy atom. The molecule has 2 atom stereocenters. The van der Waals surface area contributed by atoms with E-state index in [9.17, 15) is 0 Å². The Morgan fingerprint density at radius 2 is 1.84 bits per heavy atom. The SMILES string of the molecule is C[C@H]1CCc2c(sc3nc4c(c(-c5ccccc5)c23)CCC[C@@H]4C)C1. The van der Waals surface area contributed by atoms with Crippen LogP contribution in [0.1, 0.15) is 60.7 Å². The molecule has 0 saturated carbocycles. The number of thiophene rings is 1. The molecule has 0 amide bonds. The molecule has 1 nitrogen and oxygen atoms in total. The molecule has 0 bridgehead atoms. The molecule has 2 aliphatic carbocycles. The van der Waals surface area contributed by atoms with Crippen LogP contribution in [0.4, 0.5) is 0 Å². The summed E-state index contributed by atoms with van der Waals surface area (Å²) in [6, 6.07) is 11.1. The van der Waals surface area contributed by atoms with Crippen LogP contribution in [0.25, 0.3) is 21.3 Å². The van der Waals surface area contributed by atoms with Crippen molar-refractivity contribution < 1.29 is 0 Å². The van der Waals surface area contributed by atoms with Gasteiger partial charge in [0.05, 0.1) is 0 Å². The fraction of sp³-hybridized carbons (Fsp3) is 0.435. The molecule has 5 rings (SSSR count). The van der Waals surface area contributed by atoms with Gasteiger partial charge in [-0.1, -0.05) is 44.2 Å². The highest BCUT2D eigenvalue weighted by molar-refractivity contribution is 7.19. The number of benzene rings is 1. The predicted octanol–water partition coefficient (Wildman–Crippen LogP) is 6.53. The first-order valence-electron chi connectivity index (χ1n) is 9.74.